The Hall–Kier alpha value is -0.940. The van der Waals surface area contributed by atoms with Crippen molar-refractivity contribution >= 4 is 22.6 Å². The van der Waals surface area contributed by atoms with Crippen LogP contribution in [-0.4, -0.2) is 11.3 Å². The van der Waals surface area contributed by atoms with Gasteiger partial charge in [0.05, 0.1) is 3.70 Å². The van der Waals surface area contributed by atoms with Gasteiger partial charge in [-0.1, -0.05) is 0 Å². The number of pyridine rings is 1. The molecule has 0 fully saturated rings. The monoisotopic (exact) mass is 373 g/mol. The summed E-state index contributed by atoms with van der Waals surface area (Å²) in [6, 6.07) is 0. The van der Waals surface area contributed by atoms with Gasteiger partial charge in [-0.3, -0.25) is 4.79 Å². The van der Waals surface area contributed by atoms with Gasteiger partial charge in [0, 0.05) is 6.20 Å². The quantitative estimate of drug-likeness (QED) is 0.468. The molecule has 1 aromatic rings. The van der Waals surface area contributed by atoms with Gasteiger partial charge in [-0.05, 0) is 22.6 Å². The van der Waals surface area contributed by atoms with Crippen molar-refractivity contribution < 1.29 is 31.1 Å². The van der Waals surface area contributed by atoms with E-state index in [0.29, 0.717) is 6.20 Å². The molecule has 0 amide bonds. The SMILES string of the molecule is O=c1c(OC(F)(F)F)c[nH]c(I)c1C(F)(F)F. The summed E-state index contributed by atoms with van der Waals surface area (Å²) in [5.74, 6) is -1.45. The summed E-state index contributed by atoms with van der Waals surface area (Å²) in [4.78, 5) is 13.0. The highest BCUT2D eigenvalue weighted by Gasteiger charge is 2.39. The van der Waals surface area contributed by atoms with Crippen LogP contribution in [0.25, 0.3) is 0 Å². The Kier molecular flexibility index (Phi) is 3.64. The maximum atomic E-state index is 12.4. The number of H-pyrrole nitrogens is 1. The lowest BCUT2D eigenvalue weighted by Gasteiger charge is -2.12. The van der Waals surface area contributed by atoms with Crippen molar-refractivity contribution in [3.63, 3.8) is 0 Å². The molecule has 0 unspecified atom stereocenters. The van der Waals surface area contributed by atoms with Crippen LogP contribution in [0.4, 0.5) is 26.3 Å². The van der Waals surface area contributed by atoms with Gasteiger partial charge in [-0.2, -0.15) is 13.2 Å². The largest absolute Gasteiger partial charge is 0.573 e. The van der Waals surface area contributed by atoms with Crippen molar-refractivity contribution in [3.8, 4) is 5.75 Å². The van der Waals surface area contributed by atoms with E-state index in [-0.39, 0.29) is 0 Å². The van der Waals surface area contributed by atoms with E-state index < -0.39 is 33.0 Å². The molecule has 17 heavy (non-hydrogen) atoms. The molecule has 0 radical (unpaired) electrons. The third kappa shape index (κ3) is 3.51. The normalized spacial score (nSPS) is 12.6. The van der Waals surface area contributed by atoms with Gasteiger partial charge in [0.25, 0.3) is 0 Å². The lowest BCUT2D eigenvalue weighted by atomic mass is 10.2. The molecule has 1 aromatic heterocycles. The summed E-state index contributed by atoms with van der Waals surface area (Å²) >= 11 is 1.15. The van der Waals surface area contributed by atoms with Crippen LogP contribution in [0.3, 0.4) is 0 Å². The summed E-state index contributed by atoms with van der Waals surface area (Å²) in [7, 11) is 0. The highest BCUT2D eigenvalue weighted by molar-refractivity contribution is 14.1. The molecule has 0 aliphatic carbocycles. The van der Waals surface area contributed by atoms with Crippen LogP contribution in [0.15, 0.2) is 11.0 Å². The average Bonchev–Trinajstić information content (AvgIpc) is 2.06. The Morgan fingerprint density at radius 3 is 2.12 bits per heavy atom. The van der Waals surface area contributed by atoms with E-state index in [1.807, 2.05) is 4.98 Å². The van der Waals surface area contributed by atoms with Gasteiger partial charge < -0.3 is 9.72 Å². The lowest BCUT2D eigenvalue weighted by Crippen LogP contribution is -2.27. The average molecular weight is 373 g/mol. The van der Waals surface area contributed by atoms with E-state index in [1.54, 1.807) is 0 Å². The smallest absolute Gasteiger partial charge is 0.400 e. The molecule has 0 bridgehead atoms. The van der Waals surface area contributed by atoms with E-state index in [4.69, 9.17) is 0 Å². The van der Waals surface area contributed by atoms with Gasteiger partial charge in [-0.15, -0.1) is 13.2 Å². The summed E-state index contributed by atoms with van der Waals surface area (Å²) in [5.41, 5.74) is -3.59. The fourth-order valence-corrected chi connectivity index (χ4v) is 1.65. The number of halogens is 7. The summed E-state index contributed by atoms with van der Waals surface area (Å²) in [6.07, 6.45) is -9.87. The van der Waals surface area contributed by atoms with Gasteiger partial charge in [-0.25, -0.2) is 0 Å². The number of alkyl halides is 6. The minimum atomic E-state index is -5.23. The minimum Gasteiger partial charge on any atom is -0.400 e. The Bertz CT molecular complexity index is 477. The molecule has 3 nitrogen and oxygen atoms in total. The molecule has 0 aromatic carbocycles. The predicted octanol–water partition coefficient (Wildman–Crippen LogP) is 2.90. The van der Waals surface area contributed by atoms with Gasteiger partial charge in [0.15, 0.2) is 5.75 Å². The molecule has 1 N–H and O–H groups in total. The summed E-state index contributed by atoms with van der Waals surface area (Å²) in [5, 5.41) is 0. The first-order valence-electron chi connectivity index (χ1n) is 3.76. The fraction of sp³-hybridized carbons (Fsp3) is 0.286. The van der Waals surface area contributed by atoms with Crippen LogP contribution < -0.4 is 10.2 Å². The predicted molar refractivity (Wildman–Crippen MR) is 51.5 cm³/mol. The first kappa shape index (κ1) is 14.1. The van der Waals surface area contributed by atoms with Crippen molar-refractivity contribution in [2.45, 2.75) is 12.5 Å². The maximum absolute atomic E-state index is 12.4. The van der Waals surface area contributed by atoms with Gasteiger partial charge >= 0.3 is 12.5 Å². The Labute approximate surface area is 103 Å². The van der Waals surface area contributed by atoms with E-state index in [2.05, 4.69) is 4.74 Å². The lowest BCUT2D eigenvalue weighted by molar-refractivity contribution is -0.275. The van der Waals surface area contributed by atoms with Crippen molar-refractivity contribution in [1.82, 2.24) is 4.98 Å². The molecule has 0 atom stereocenters. The van der Waals surface area contributed by atoms with E-state index in [0.717, 1.165) is 22.6 Å². The van der Waals surface area contributed by atoms with Gasteiger partial charge in [0.2, 0.25) is 5.43 Å². The molecular weight excluding hydrogens is 371 g/mol. The molecular formula is C7H2F6INO2. The Balaban J connectivity index is 3.35. The number of aromatic nitrogens is 1. The van der Waals surface area contributed by atoms with Gasteiger partial charge in [0.1, 0.15) is 5.56 Å². The second-order valence-corrected chi connectivity index (χ2v) is 3.80. The number of rotatable bonds is 1. The Morgan fingerprint density at radius 1 is 1.18 bits per heavy atom. The van der Waals surface area contributed by atoms with Crippen molar-refractivity contribution in [1.29, 1.82) is 0 Å². The second kappa shape index (κ2) is 4.38. The van der Waals surface area contributed by atoms with Crippen molar-refractivity contribution in [3.05, 3.63) is 25.7 Å². The molecule has 0 aliphatic heterocycles. The summed E-state index contributed by atoms with van der Waals surface area (Å²) < 4.78 is 75.0. The molecule has 10 heteroatoms. The zero-order valence-corrected chi connectivity index (χ0v) is 9.70. The molecule has 1 heterocycles. The van der Waals surface area contributed by atoms with Crippen LogP contribution in [0.5, 0.6) is 5.75 Å². The number of hydrogen-bond donors (Lipinski definition) is 1. The third-order valence-electron chi connectivity index (χ3n) is 1.51. The summed E-state index contributed by atoms with van der Waals surface area (Å²) in [6.45, 7) is 0. The van der Waals surface area contributed by atoms with E-state index in [9.17, 15) is 31.1 Å². The van der Waals surface area contributed by atoms with Crippen LogP contribution in [0.2, 0.25) is 0 Å². The third-order valence-corrected chi connectivity index (χ3v) is 2.36. The van der Waals surface area contributed by atoms with Crippen LogP contribution in [-0.2, 0) is 6.18 Å². The fourth-order valence-electron chi connectivity index (χ4n) is 0.943. The number of aromatic amines is 1. The number of nitrogens with one attached hydrogen (secondary N) is 1. The van der Waals surface area contributed by atoms with Crippen molar-refractivity contribution in [2.24, 2.45) is 0 Å². The van der Waals surface area contributed by atoms with E-state index >= 15 is 0 Å². The number of ether oxygens (including phenoxy) is 1. The number of hydrogen-bond acceptors (Lipinski definition) is 2. The van der Waals surface area contributed by atoms with Crippen LogP contribution >= 0.6 is 22.6 Å². The topological polar surface area (TPSA) is 42.1 Å². The van der Waals surface area contributed by atoms with E-state index in [1.165, 1.54) is 0 Å². The molecule has 96 valence electrons. The minimum absolute atomic E-state index is 0.423. The van der Waals surface area contributed by atoms with Crippen molar-refractivity contribution in [2.75, 3.05) is 0 Å². The molecule has 1 rings (SSSR count). The molecule has 0 saturated heterocycles. The molecule has 0 spiro atoms. The first-order valence-corrected chi connectivity index (χ1v) is 4.84. The highest BCUT2D eigenvalue weighted by atomic mass is 127. The van der Waals surface area contributed by atoms with Crippen LogP contribution in [0.1, 0.15) is 5.56 Å². The maximum Gasteiger partial charge on any atom is 0.573 e. The highest BCUT2D eigenvalue weighted by Crippen LogP contribution is 2.31. The Morgan fingerprint density at radius 2 is 1.71 bits per heavy atom. The zero-order chi connectivity index (χ0) is 13.4. The molecule has 0 aliphatic rings. The first-order chi connectivity index (χ1) is 7.52. The second-order valence-electron chi connectivity index (χ2n) is 2.72. The van der Waals surface area contributed by atoms with Crippen LogP contribution in [0, 0.1) is 3.70 Å². The molecule has 0 saturated carbocycles. The zero-order valence-electron chi connectivity index (χ0n) is 7.54. The standard InChI is InChI=1S/C7H2F6INO2/c8-6(9,10)3-4(16)2(1-15-5(3)14)17-7(11,12)13/h1H,(H,15,16).